The number of halogens is 1. The number of carbonyl (C=O) groups excluding carboxylic acids is 2. The van der Waals surface area contributed by atoms with Crippen molar-refractivity contribution in [3.05, 3.63) is 53.6 Å². The molecule has 0 heterocycles. The molecule has 2 aromatic rings. The average molecular weight is 517 g/mol. The molecule has 0 aromatic heterocycles. The molecule has 0 aliphatic heterocycles. The summed E-state index contributed by atoms with van der Waals surface area (Å²) in [5.41, 5.74) is 1.40. The Labute approximate surface area is 219 Å². The van der Waals surface area contributed by atoms with Gasteiger partial charge >= 0.3 is 0 Å². The number of hydrogen-bond acceptors (Lipinski definition) is 5. The first-order valence-electron chi connectivity index (χ1n) is 12.6. The Morgan fingerprint density at radius 2 is 1.75 bits per heavy atom. The first kappa shape index (κ1) is 27.7. The van der Waals surface area contributed by atoms with Crippen LogP contribution in [0.15, 0.2) is 42.5 Å². The minimum atomic E-state index is -0.905. The molecule has 0 bridgehead atoms. The summed E-state index contributed by atoms with van der Waals surface area (Å²) >= 11 is 6.06. The Kier molecular flexibility index (Phi) is 10.7. The maximum Gasteiger partial charge on any atom is 0.247 e. The average Bonchev–Trinajstić information content (AvgIpc) is 2.92. The van der Waals surface area contributed by atoms with Crippen molar-refractivity contribution in [3.8, 4) is 17.2 Å². The molecule has 196 valence electrons. The van der Waals surface area contributed by atoms with Gasteiger partial charge in [-0.2, -0.15) is 0 Å². The van der Waals surface area contributed by atoms with Crippen LogP contribution in [0.2, 0.25) is 0 Å². The van der Waals surface area contributed by atoms with E-state index >= 15 is 0 Å². The lowest BCUT2D eigenvalue weighted by Crippen LogP contribution is -2.47. The molecule has 1 fully saturated rings. The van der Waals surface area contributed by atoms with Gasteiger partial charge in [-0.25, -0.2) is 0 Å². The predicted molar refractivity (Wildman–Crippen MR) is 141 cm³/mol. The summed E-state index contributed by atoms with van der Waals surface area (Å²) in [6.45, 7) is 2.74. The van der Waals surface area contributed by atoms with Gasteiger partial charge in [-0.3, -0.25) is 9.59 Å². The monoisotopic (exact) mass is 516 g/mol. The zero-order valence-electron chi connectivity index (χ0n) is 21.4. The molecule has 1 saturated carbocycles. The Bertz CT molecular complexity index is 1010. The number of alkyl halides is 1. The zero-order chi connectivity index (χ0) is 25.9. The summed E-state index contributed by atoms with van der Waals surface area (Å²) in [4.78, 5) is 28.5. The first-order valence-corrected chi connectivity index (χ1v) is 13.1. The van der Waals surface area contributed by atoms with Crippen LogP contribution in [-0.4, -0.2) is 49.5 Å². The van der Waals surface area contributed by atoms with Gasteiger partial charge in [0, 0.05) is 11.6 Å². The lowest BCUT2D eigenvalue weighted by Gasteiger charge is -2.33. The largest absolute Gasteiger partial charge is 0.496 e. The fourth-order valence-electron chi connectivity index (χ4n) is 4.60. The Morgan fingerprint density at radius 3 is 2.42 bits per heavy atom. The molecular formula is C28H37ClN2O5. The van der Waals surface area contributed by atoms with Crippen molar-refractivity contribution in [3.63, 3.8) is 0 Å². The van der Waals surface area contributed by atoms with E-state index in [1.54, 1.807) is 26.4 Å². The molecule has 1 N–H and O–H groups in total. The third kappa shape index (κ3) is 7.06. The van der Waals surface area contributed by atoms with Crippen LogP contribution in [0.4, 0.5) is 0 Å². The highest BCUT2D eigenvalue weighted by molar-refractivity contribution is 6.27. The van der Waals surface area contributed by atoms with Crippen molar-refractivity contribution in [1.82, 2.24) is 10.2 Å². The number of nitrogens with zero attached hydrogens (tertiary/aromatic N) is 1. The van der Waals surface area contributed by atoms with E-state index in [0.29, 0.717) is 29.4 Å². The zero-order valence-corrected chi connectivity index (χ0v) is 22.2. The number of benzene rings is 2. The van der Waals surface area contributed by atoms with Crippen molar-refractivity contribution in [2.45, 2.75) is 64.1 Å². The number of para-hydroxylation sites is 1. The Balaban J connectivity index is 2.03. The fraction of sp³-hybridized carbons (Fsp3) is 0.500. The molecule has 0 spiro atoms. The molecule has 2 amide bonds. The predicted octanol–water partition coefficient (Wildman–Crippen LogP) is 5.25. The molecule has 2 aromatic carbocycles. The van der Waals surface area contributed by atoms with Gasteiger partial charge in [0.2, 0.25) is 11.8 Å². The maximum atomic E-state index is 13.8. The third-order valence-electron chi connectivity index (χ3n) is 6.44. The second-order valence-corrected chi connectivity index (χ2v) is 9.24. The second kappa shape index (κ2) is 14.0. The van der Waals surface area contributed by atoms with Crippen LogP contribution in [0.5, 0.6) is 17.2 Å². The molecule has 36 heavy (non-hydrogen) atoms. The van der Waals surface area contributed by atoms with Gasteiger partial charge in [0.25, 0.3) is 0 Å². The van der Waals surface area contributed by atoms with Gasteiger partial charge in [-0.05, 0) is 43.0 Å². The normalized spacial score (nSPS) is 14.6. The molecule has 1 aliphatic carbocycles. The first-order chi connectivity index (χ1) is 17.5. The van der Waals surface area contributed by atoms with Crippen LogP contribution < -0.4 is 19.5 Å². The molecule has 8 heteroatoms. The second-order valence-electron chi connectivity index (χ2n) is 8.97. The van der Waals surface area contributed by atoms with Crippen molar-refractivity contribution in [2.24, 2.45) is 0 Å². The van der Waals surface area contributed by atoms with Crippen LogP contribution in [0, 0.1) is 0 Å². The fourth-order valence-corrected chi connectivity index (χ4v) is 4.76. The van der Waals surface area contributed by atoms with Crippen LogP contribution in [0.1, 0.15) is 62.6 Å². The summed E-state index contributed by atoms with van der Waals surface area (Å²) in [5, 5.41) is 3.20. The summed E-state index contributed by atoms with van der Waals surface area (Å²) in [7, 11) is 3.14. The quantitative estimate of drug-likeness (QED) is 0.390. The van der Waals surface area contributed by atoms with Crippen LogP contribution in [-0.2, 0) is 16.1 Å². The van der Waals surface area contributed by atoms with E-state index in [2.05, 4.69) is 5.32 Å². The summed E-state index contributed by atoms with van der Waals surface area (Å²) < 4.78 is 16.9. The van der Waals surface area contributed by atoms with E-state index in [9.17, 15) is 9.59 Å². The van der Waals surface area contributed by atoms with Gasteiger partial charge in [0.15, 0.2) is 11.5 Å². The van der Waals surface area contributed by atoms with Crippen molar-refractivity contribution >= 4 is 23.4 Å². The van der Waals surface area contributed by atoms with E-state index in [4.69, 9.17) is 25.8 Å². The van der Waals surface area contributed by atoms with Crippen molar-refractivity contribution < 1.29 is 23.8 Å². The Morgan fingerprint density at radius 1 is 1.03 bits per heavy atom. The number of ether oxygens (including phenoxy) is 3. The van der Waals surface area contributed by atoms with Crippen molar-refractivity contribution in [2.75, 3.05) is 26.7 Å². The summed E-state index contributed by atoms with van der Waals surface area (Å²) in [6, 6.07) is 12.0. The minimum absolute atomic E-state index is 0.0852. The highest BCUT2D eigenvalue weighted by atomic mass is 35.5. The van der Waals surface area contributed by atoms with Crippen LogP contribution >= 0.6 is 11.6 Å². The number of amides is 2. The third-order valence-corrected chi connectivity index (χ3v) is 6.67. The topological polar surface area (TPSA) is 77.1 Å². The molecule has 7 nitrogen and oxygen atoms in total. The van der Waals surface area contributed by atoms with E-state index in [1.807, 2.05) is 37.3 Å². The van der Waals surface area contributed by atoms with E-state index in [-0.39, 0.29) is 30.3 Å². The molecular weight excluding hydrogens is 480 g/mol. The van der Waals surface area contributed by atoms with E-state index in [1.165, 1.54) is 11.3 Å². The van der Waals surface area contributed by atoms with E-state index in [0.717, 1.165) is 37.7 Å². The number of methoxy groups -OCH3 is 2. The molecule has 1 aliphatic rings. The van der Waals surface area contributed by atoms with Crippen molar-refractivity contribution in [1.29, 1.82) is 0 Å². The SMILES string of the molecule is CCCOc1ccc([C@H](C(=O)NC2CCCCC2)N(Cc2ccccc2OC)C(=O)CCl)cc1OC. The molecule has 3 rings (SSSR count). The van der Waals surface area contributed by atoms with Gasteiger partial charge in [-0.1, -0.05) is 50.5 Å². The van der Waals surface area contributed by atoms with Crippen LogP contribution in [0.25, 0.3) is 0 Å². The standard InChI is InChI=1S/C28H37ClN2O5/c1-4-16-36-24-15-14-20(17-25(24)35-3)27(28(33)30-22-11-6-5-7-12-22)31(26(32)18-29)19-21-10-8-9-13-23(21)34-2/h8-10,13-15,17,22,27H,4-7,11-12,16,18-19H2,1-3H3,(H,30,33)/t27-/m1/s1. The number of rotatable bonds is 12. The molecule has 0 radical (unpaired) electrons. The number of nitrogens with one attached hydrogen (secondary N) is 1. The smallest absolute Gasteiger partial charge is 0.247 e. The maximum absolute atomic E-state index is 13.8. The molecule has 0 saturated heterocycles. The highest BCUT2D eigenvalue weighted by Crippen LogP contribution is 2.34. The van der Waals surface area contributed by atoms with Crippen LogP contribution in [0.3, 0.4) is 0 Å². The van der Waals surface area contributed by atoms with E-state index < -0.39 is 6.04 Å². The molecule has 0 unspecified atom stereocenters. The highest BCUT2D eigenvalue weighted by Gasteiger charge is 2.34. The minimum Gasteiger partial charge on any atom is -0.496 e. The van der Waals surface area contributed by atoms with Gasteiger partial charge in [0.1, 0.15) is 17.7 Å². The Hall–Kier alpha value is -2.93. The number of hydrogen-bond donors (Lipinski definition) is 1. The van der Waals surface area contributed by atoms with Gasteiger partial charge in [0.05, 0.1) is 27.4 Å². The van der Waals surface area contributed by atoms with Gasteiger partial charge < -0.3 is 24.4 Å². The number of carbonyl (C=O) groups is 2. The lowest BCUT2D eigenvalue weighted by molar-refractivity contribution is -0.140. The lowest BCUT2D eigenvalue weighted by atomic mass is 9.94. The summed E-state index contributed by atoms with van der Waals surface area (Å²) in [5.74, 6) is 0.895. The van der Waals surface area contributed by atoms with Gasteiger partial charge in [-0.15, -0.1) is 11.6 Å². The molecule has 1 atom stereocenters. The summed E-state index contributed by atoms with van der Waals surface area (Å²) in [6.07, 6.45) is 6.06.